The highest BCUT2D eigenvalue weighted by Crippen LogP contribution is 2.32. The molecule has 0 aliphatic carbocycles. The SMILES string of the molecule is Cc1ccc(S(=O)(=O)n2nc(C)c(CN3CCC(c4cc(F)cc(F)c4F)C3)c2C)cc1. The Balaban J connectivity index is 1.57. The van der Waals surface area contributed by atoms with Crippen LogP contribution in [0.15, 0.2) is 41.3 Å². The molecule has 1 saturated heterocycles. The molecule has 0 radical (unpaired) electrons. The molecule has 32 heavy (non-hydrogen) atoms. The second-order valence-corrected chi connectivity index (χ2v) is 10.1. The van der Waals surface area contributed by atoms with Gasteiger partial charge in [0.2, 0.25) is 0 Å². The highest BCUT2D eigenvalue weighted by molar-refractivity contribution is 7.89. The molecule has 1 aromatic heterocycles. The first-order valence-electron chi connectivity index (χ1n) is 10.3. The van der Waals surface area contributed by atoms with Crippen molar-refractivity contribution in [3.8, 4) is 0 Å². The maximum atomic E-state index is 14.2. The summed E-state index contributed by atoms with van der Waals surface area (Å²) in [6, 6.07) is 8.17. The Bertz CT molecular complexity index is 1270. The molecule has 1 atom stereocenters. The van der Waals surface area contributed by atoms with Crippen LogP contribution < -0.4 is 0 Å². The smallest absolute Gasteiger partial charge is 0.283 e. The van der Waals surface area contributed by atoms with E-state index in [0.717, 1.165) is 21.3 Å². The third kappa shape index (κ3) is 4.06. The van der Waals surface area contributed by atoms with Crippen molar-refractivity contribution in [3.63, 3.8) is 0 Å². The fourth-order valence-corrected chi connectivity index (χ4v) is 5.63. The maximum absolute atomic E-state index is 14.2. The maximum Gasteiger partial charge on any atom is 0.283 e. The third-order valence-electron chi connectivity index (χ3n) is 6.06. The van der Waals surface area contributed by atoms with Gasteiger partial charge in [-0.25, -0.2) is 13.2 Å². The number of hydrogen-bond acceptors (Lipinski definition) is 4. The molecule has 1 aliphatic rings. The summed E-state index contributed by atoms with van der Waals surface area (Å²) in [5.41, 5.74) is 2.86. The number of halogens is 3. The van der Waals surface area contributed by atoms with Crippen LogP contribution in [0.1, 0.15) is 40.4 Å². The van der Waals surface area contributed by atoms with E-state index in [2.05, 4.69) is 5.10 Å². The number of likely N-dealkylation sites (tertiary alicyclic amines) is 1. The van der Waals surface area contributed by atoms with Crippen molar-refractivity contribution >= 4 is 10.0 Å². The van der Waals surface area contributed by atoms with Gasteiger partial charge >= 0.3 is 0 Å². The van der Waals surface area contributed by atoms with Crippen molar-refractivity contribution in [2.75, 3.05) is 13.1 Å². The predicted octanol–water partition coefficient (Wildman–Crippen LogP) is 4.45. The number of aryl methyl sites for hydroxylation is 2. The van der Waals surface area contributed by atoms with E-state index < -0.39 is 27.5 Å². The van der Waals surface area contributed by atoms with Crippen molar-refractivity contribution in [2.45, 2.75) is 44.6 Å². The molecule has 0 N–H and O–H groups in total. The molecular weight excluding hydrogens is 439 g/mol. The number of benzene rings is 2. The monoisotopic (exact) mass is 463 g/mol. The van der Waals surface area contributed by atoms with Gasteiger partial charge in [0.1, 0.15) is 5.82 Å². The summed E-state index contributed by atoms with van der Waals surface area (Å²) >= 11 is 0. The summed E-state index contributed by atoms with van der Waals surface area (Å²) in [6.07, 6.45) is 0.549. The molecule has 1 unspecified atom stereocenters. The second kappa shape index (κ2) is 8.37. The lowest BCUT2D eigenvalue weighted by molar-refractivity contribution is 0.324. The number of aromatic nitrogens is 2. The largest absolute Gasteiger partial charge is 0.298 e. The molecule has 0 bridgehead atoms. The van der Waals surface area contributed by atoms with Crippen molar-refractivity contribution < 1.29 is 21.6 Å². The van der Waals surface area contributed by atoms with E-state index in [1.807, 2.05) is 11.8 Å². The Morgan fingerprint density at radius 3 is 2.44 bits per heavy atom. The van der Waals surface area contributed by atoms with E-state index in [-0.39, 0.29) is 16.4 Å². The Morgan fingerprint density at radius 1 is 1.06 bits per heavy atom. The van der Waals surface area contributed by atoms with Crippen LogP contribution in [0, 0.1) is 38.2 Å². The predicted molar refractivity (Wildman–Crippen MR) is 114 cm³/mol. The van der Waals surface area contributed by atoms with E-state index in [0.29, 0.717) is 43.5 Å². The van der Waals surface area contributed by atoms with Crippen LogP contribution in [0.3, 0.4) is 0 Å². The van der Waals surface area contributed by atoms with Crippen LogP contribution in [0.4, 0.5) is 13.2 Å². The fraction of sp³-hybridized carbons (Fsp3) is 0.348. The normalized spacial score (nSPS) is 17.2. The van der Waals surface area contributed by atoms with Crippen molar-refractivity contribution in [1.82, 2.24) is 14.1 Å². The quantitative estimate of drug-likeness (QED) is 0.525. The van der Waals surface area contributed by atoms with E-state index in [9.17, 15) is 21.6 Å². The minimum Gasteiger partial charge on any atom is -0.298 e. The summed E-state index contributed by atoms with van der Waals surface area (Å²) in [4.78, 5) is 2.18. The molecule has 4 rings (SSSR count). The number of nitrogens with zero attached hydrogens (tertiary/aromatic N) is 3. The van der Waals surface area contributed by atoms with Crippen molar-refractivity contribution in [1.29, 1.82) is 0 Å². The first kappa shape index (κ1) is 22.5. The molecule has 0 amide bonds. The van der Waals surface area contributed by atoms with Crippen LogP contribution in [-0.4, -0.2) is 35.6 Å². The van der Waals surface area contributed by atoms with Crippen LogP contribution in [0.2, 0.25) is 0 Å². The summed E-state index contributed by atoms with van der Waals surface area (Å²) in [5.74, 6) is -3.34. The average Bonchev–Trinajstić information content (AvgIpc) is 3.31. The molecule has 0 spiro atoms. The minimum absolute atomic E-state index is 0.0380. The molecule has 3 aromatic rings. The van der Waals surface area contributed by atoms with Gasteiger partial charge in [-0.3, -0.25) is 4.90 Å². The molecule has 2 aromatic carbocycles. The summed E-state index contributed by atoms with van der Waals surface area (Å²) in [5, 5.41) is 4.28. The third-order valence-corrected chi connectivity index (χ3v) is 7.74. The minimum atomic E-state index is -3.84. The van der Waals surface area contributed by atoms with Gasteiger partial charge in [-0.05, 0) is 57.5 Å². The topological polar surface area (TPSA) is 55.2 Å². The zero-order chi connectivity index (χ0) is 23.2. The molecule has 9 heteroatoms. The number of rotatable bonds is 5. The molecule has 5 nitrogen and oxygen atoms in total. The Hall–Kier alpha value is -2.65. The van der Waals surface area contributed by atoms with E-state index in [1.54, 1.807) is 38.1 Å². The van der Waals surface area contributed by atoms with Gasteiger partial charge in [0, 0.05) is 30.6 Å². The lowest BCUT2D eigenvalue weighted by atomic mass is 9.97. The standard InChI is InChI=1S/C23H24F3N3O2S/c1-14-4-6-19(7-5-14)32(30,31)29-16(3)21(15(2)27-29)13-28-9-8-17(12-28)20-10-18(24)11-22(25)23(20)26/h4-7,10-11,17H,8-9,12-13H2,1-3H3. The van der Waals surface area contributed by atoms with Gasteiger partial charge in [0.15, 0.2) is 11.6 Å². The Kier molecular flexibility index (Phi) is 5.89. The molecule has 2 heterocycles. The van der Waals surface area contributed by atoms with Gasteiger partial charge in [0.25, 0.3) is 10.0 Å². The summed E-state index contributed by atoms with van der Waals surface area (Å²) in [6.45, 7) is 6.75. The van der Waals surface area contributed by atoms with Crippen LogP contribution in [0.25, 0.3) is 0 Å². The van der Waals surface area contributed by atoms with Gasteiger partial charge in [0.05, 0.1) is 16.3 Å². The van der Waals surface area contributed by atoms with E-state index >= 15 is 0 Å². The molecule has 0 saturated carbocycles. The zero-order valence-corrected chi connectivity index (χ0v) is 18.9. The van der Waals surface area contributed by atoms with Gasteiger partial charge in [-0.2, -0.15) is 17.6 Å². The van der Waals surface area contributed by atoms with Gasteiger partial charge < -0.3 is 0 Å². The van der Waals surface area contributed by atoms with Crippen LogP contribution in [0.5, 0.6) is 0 Å². The van der Waals surface area contributed by atoms with Crippen LogP contribution in [-0.2, 0) is 16.6 Å². The zero-order valence-electron chi connectivity index (χ0n) is 18.1. The highest BCUT2D eigenvalue weighted by atomic mass is 32.2. The number of hydrogen-bond donors (Lipinski definition) is 0. The molecular formula is C23H24F3N3O2S. The van der Waals surface area contributed by atoms with E-state index in [1.165, 1.54) is 0 Å². The lowest BCUT2D eigenvalue weighted by Crippen LogP contribution is -2.21. The first-order chi connectivity index (χ1) is 15.1. The lowest BCUT2D eigenvalue weighted by Gasteiger charge is -2.17. The second-order valence-electron chi connectivity index (χ2n) is 8.32. The molecule has 1 aliphatic heterocycles. The van der Waals surface area contributed by atoms with Crippen molar-refractivity contribution in [2.24, 2.45) is 0 Å². The van der Waals surface area contributed by atoms with Crippen molar-refractivity contribution in [3.05, 3.63) is 81.9 Å². The summed E-state index contributed by atoms with van der Waals surface area (Å²) < 4.78 is 68.6. The first-order valence-corrected chi connectivity index (χ1v) is 11.8. The molecule has 1 fully saturated rings. The van der Waals surface area contributed by atoms with Crippen LogP contribution >= 0.6 is 0 Å². The van der Waals surface area contributed by atoms with Gasteiger partial charge in [-0.15, -0.1) is 0 Å². The highest BCUT2D eigenvalue weighted by Gasteiger charge is 2.30. The van der Waals surface area contributed by atoms with E-state index in [4.69, 9.17) is 0 Å². The fourth-order valence-electron chi connectivity index (χ4n) is 4.25. The average molecular weight is 464 g/mol. The van der Waals surface area contributed by atoms with Gasteiger partial charge in [-0.1, -0.05) is 17.7 Å². The summed E-state index contributed by atoms with van der Waals surface area (Å²) in [7, 11) is -3.84. The molecule has 170 valence electrons. The Morgan fingerprint density at radius 2 is 1.75 bits per heavy atom. The Labute approximate surface area is 185 Å².